The molecule has 2 aromatic heterocycles. The second kappa shape index (κ2) is 6.64. The first-order valence-corrected chi connectivity index (χ1v) is 8.46. The Kier molecular flexibility index (Phi) is 4.16. The minimum absolute atomic E-state index is 0.101. The van der Waals surface area contributed by atoms with Gasteiger partial charge in [0.15, 0.2) is 0 Å². The number of pyridine rings is 1. The third-order valence-electron chi connectivity index (χ3n) is 4.33. The van der Waals surface area contributed by atoms with E-state index in [1.54, 1.807) is 50.8 Å². The molecule has 0 unspecified atom stereocenters. The van der Waals surface area contributed by atoms with Gasteiger partial charge in [-0.15, -0.1) is 0 Å². The van der Waals surface area contributed by atoms with E-state index in [-0.39, 0.29) is 11.7 Å². The fraction of sp³-hybridized carbons (Fsp3) is 0.0952. The zero-order valence-corrected chi connectivity index (χ0v) is 14.9. The number of carbonyl (C=O) groups is 1. The minimum atomic E-state index is -0.359. The largest absolute Gasteiger partial charge is 0.345 e. The topological polar surface area (TPSA) is 51.0 Å². The van der Waals surface area contributed by atoms with Crippen LogP contribution in [0.3, 0.4) is 0 Å². The van der Waals surface area contributed by atoms with E-state index in [4.69, 9.17) is 0 Å². The highest BCUT2D eigenvalue weighted by molar-refractivity contribution is 6.07. The molecule has 0 aliphatic carbocycles. The molecule has 6 heteroatoms. The molecule has 0 N–H and O–H groups in total. The minimum Gasteiger partial charge on any atom is -0.345 e. The van der Waals surface area contributed by atoms with Gasteiger partial charge in [0.1, 0.15) is 11.5 Å². The number of halogens is 1. The molecule has 2 heterocycles. The first kappa shape index (κ1) is 16.9. The maximum Gasteiger partial charge on any atom is 0.254 e. The number of hydrogen-bond acceptors (Lipinski definition) is 3. The molecule has 0 saturated carbocycles. The van der Waals surface area contributed by atoms with Gasteiger partial charge < -0.3 is 4.90 Å². The molecule has 0 spiro atoms. The molecule has 2 aromatic carbocycles. The van der Waals surface area contributed by atoms with Crippen LogP contribution in [0.2, 0.25) is 0 Å². The Balaban J connectivity index is 1.85. The van der Waals surface area contributed by atoms with Crippen LogP contribution in [0, 0.1) is 5.82 Å². The lowest BCUT2D eigenvalue weighted by atomic mass is 10.0. The number of hydrogen-bond donors (Lipinski definition) is 0. The van der Waals surface area contributed by atoms with E-state index in [0.29, 0.717) is 22.5 Å². The van der Waals surface area contributed by atoms with Gasteiger partial charge in [-0.25, -0.2) is 14.1 Å². The third kappa shape index (κ3) is 3.06. The van der Waals surface area contributed by atoms with Gasteiger partial charge in [0.25, 0.3) is 5.91 Å². The van der Waals surface area contributed by atoms with Crippen molar-refractivity contribution in [1.29, 1.82) is 0 Å². The first-order valence-electron chi connectivity index (χ1n) is 8.46. The predicted octanol–water partition coefficient (Wildman–Crippen LogP) is 3.93. The molecule has 1 amide bonds. The highest BCUT2D eigenvalue weighted by Crippen LogP contribution is 2.26. The van der Waals surface area contributed by atoms with E-state index >= 15 is 0 Å². The molecular formula is C21H17FN4O. The summed E-state index contributed by atoms with van der Waals surface area (Å²) in [4.78, 5) is 18.8. The van der Waals surface area contributed by atoms with Crippen LogP contribution in [0.25, 0.3) is 27.8 Å². The average molecular weight is 360 g/mol. The first-order chi connectivity index (χ1) is 13.0. The Hall–Kier alpha value is -3.54. The summed E-state index contributed by atoms with van der Waals surface area (Å²) in [7, 11) is 3.43. The van der Waals surface area contributed by atoms with E-state index in [2.05, 4.69) is 10.1 Å². The SMILES string of the molecule is CN(C)C(=O)c1cc(-c2cnn(-c3ccccc3F)c2)nc2ccccc12. The van der Waals surface area contributed by atoms with Crippen LogP contribution < -0.4 is 0 Å². The highest BCUT2D eigenvalue weighted by atomic mass is 19.1. The zero-order chi connectivity index (χ0) is 19.0. The maximum atomic E-state index is 14.0. The average Bonchev–Trinajstić information content (AvgIpc) is 3.16. The lowest BCUT2D eigenvalue weighted by Gasteiger charge is -2.13. The van der Waals surface area contributed by atoms with Crippen molar-refractivity contribution in [3.05, 3.63) is 78.4 Å². The normalized spacial score (nSPS) is 10.9. The van der Waals surface area contributed by atoms with Gasteiger partial charge in [0, 0.05) is 31.2 Å². The summed E-state index contributed by atoms with van der Waals surface area (Å²) in [6.07, 6.45) is 3.33. The predicted molar refractivity (Wildman–Crippen MR) is 102 cm³/mol. The molecule has 0 aliphatic rings. The Bertz CT molecular complexity index is 1150. The second-order valence-electron chi connectivity index (χ2n) is 6.40. The van der Waals surface area contributed by atoms with Crippen molar-refractivity contribution >= 4 is 16.8 Å². The molecule has 134 valence electrons. The fourth-order valence-electron chi connectivity index (χ4n) is 2.97. The number of carbonyl (C=O) groups excluding carboxylic acids is 1. The van der Waals surface area contributed by atoms with Crippen molar-refractivity contribution in [3.63, 3.8) is 0 Å². The lowest BCUT2D eigenvalue weighted by Crippen LogP contribution is -2.22. The summed E-state index contributed by atoms with van der Waals surface area (Å²) in [5.74, 6) is -0.460. The number of para-hydroxylation sites is 2. The van der Waals surface area contributed by atoms with Crippen LogP contribution in [0.15, 0.2) is 67.0 Å². The smallest absolute Gasteiger partial charge is 0.254 e. The third-order valence-corrected chi connectivity index (χ3v) is 4.33. The number of aromatic nitrogens is 3. The summed E-state index contributed by atoms with van der Waals surface area (Å²) in [6.45, 7) is 0. The second-order valence-corrected chi connectivity index (χ2v) is 6.40. The van der Waals surface area contributed by atoms with Crippen LogP contribution in [0.1, 0.15) is 10.4 Å². The fourth-order valence-corrected chi connectivity index (χ4v) is 2.97. The van der Waals surface area contributed by atoms with Crippen molar-refractivity contribution in [2.45, 2.75) is 0 Å². The Labute approximate surface area is 155 Å². The number of benzene rings is 2. The van der Waals surface area contributed by atoms with Crippen molar-refractivity contribution in [1.82, 2.24) is 19.7 Å². The number of nitrogens with zero attached hydrogens (tertiary/aromatic N) is 4. The molecule has 0 fully saturated rings. The van der Waals surface area contributed by atoms with Gasteiger partial charge in [-0.2, -0.15) is 5.10 Å². The van der Waals surface area contributed by atoms with E-state index in [1.165, 1.54) is 15.6 Å². The molecule has 0 atom stereocenters. The quantitative estimate of drug-likeness (QED) is 0.556. The van der Waals surface area contributed by atoms with Crippen LogP contribution >= 0.6 is 0 Å². The summed E-state index contributed by atoms with van der Waals surface area (Å²) >= 11 is 0. The van der Waals surface area contributed by atoms with Gasteiger partial charge in [-0.3, -0.25) is 4.79 Å². The van der Waals surface area contributed by atoms with E-state index < -0.39 is 0 Å². The molecule has 0 bridgehead atoms. The van der Waals surface area contributed by atoms with E-state index in [1.807, 2.05) is 24.3 Å². The Morgan fingerprint density at radius 3 is 2.59 bits per heavy atom. The molecule has 27 heavy (non-hydrogen) atoms. The van der Waals surface area contributed by atoms with Gasteiger partial charge in [-0.05, 0) is 24.3 Å². The van der Waals surface area contributed by atoms with Crippen molar-refractivity contribution < 1.29 is 9.18 Å². The maximum absolute atomic E-state index is 14.0. The van der Waals surface area contributed by atoms with Gasteiger partial charge in [0.2, 0.25) is 0 Å². The van der Waals surface area contributed by atoms with Gasteiger partial charge in [0.05, 0.1) is 23.0 Å². The Morgan fingerprint density at radius 1 is 1.07 bits per heavy atom. The summed E-state index contributed by atoms with van der Waals surface area (Å²) in [5, 5.41) is 5.05. The zero-order valence-electron chi connectivity index (χ0n) is 14.9. The van der Waals surface area contributed by atoms with Crippen LogP contribution in [-0.4, -0.2) is 39.7 Å². The molecule has 0 radical (unpaired) electrons. The summed E-state index contributed by atoms with van der Waals surface area (Å²) in [6, 6.07) is 15.7. The molecule has 5 nitrogen and oxygen atoms in total. The lowest BCUT2D eigenvalue weighted by molar-refractivity contribution is 0.0829. The van der Waals surface area contributed by atoms with Crippen LogP contribution in [0.4, 0.5) is 4.39 Å². The van der Waals surface area contributed by atoms with Crippen LogP contribution in [0.5, 0.6) is 0 Å². The molecule has 0 saturated heterocycles. The molecule has 0 aliphatic heterocycles. The number of amides is 1. The molecule has 4 rings (SSSR count). The van der Waals surface area contributed by atoms with Gasteiger partial charge in [-0.1, -0.05) is 30.3 Å². The summed E-state index contributed by atoms with van der Waals surface area (Å²) < 4.78 is 15.5. The van der Waals surface area contributed by atoms with Crippen molar-refractivity contribution in [2.24, 2.45) is 0 Å². The van der Waals surface area contributed by atoms with E-state index in [0.717, 1.165) is 10.9 Å². The van der Waals surface area contributed by atoms with Crippen molar-refractivity contribution in [2.75, 3.05) is 14.1 Å². The molecular weight excluding hydrogens is 343 g/mol. The standard InChI is InChI=1S/C21H17FN4O/c1-25(2)21(27)16-11-19(24-18-9-5-3-7-15(16)18)14-12-23-26(13-14)20-10-6-4-8-17(20)22/h3-13H,1-2H3. The number of rotatable bonds is 3. The monoisotopic (exact) mass is 360 g/mol. The van der Waals surface area contributed by atoms with Crippen molar-refractivity contribution in [3.8, 4) is 16.9 Å². The number of fused-ring (bicyclic) bond motifs is 1. The Morgan fingerprint density at radius 2 is 1.81 bits per heavy atom. The summed E-state index contributed by atoms with van der Waals surface area (Å²) in [5.41, 5.74) is 2.96. The van der Waals surface area contributed by atoms with Crippen LogP contribution in [-0.2, 0) is 0 Å². The molecule has 4 aromatic rings. The van der Waals surface area contributed by atoms with Gasteiger partial charge >= 0.3 is 0 Å². The highest BCUT2D eigenvalue weighted by Gasteiger charge is 2.16. The van der Waals surface area contributed by atoms with E-state index in [9.17, 15) is 9.18 Å².